The highest BCUT2D eigenvalue weighted by Gasteiger charge is 2.18. The molecule has 0 radical (unpaired) electrons. The van der Waals surface area contributed by atoms with E-state index in [0.717, 1.165) is 5.56 Å². The first kappa shape index (κ1) is 21.8. The van der Waals surface area contributed by atoms with Crippen molar-refractivity contribution in [2.75, 3.05) is 13.7 Å². The molecular formula is C22H21FN6O2. The van der Waals surface area contributed by atoms with Gasteiger partial charge in [-0.2, -0.15) is 15.4 Å². The summed E-state index contributed by atoms with van der Waals surface area (Å²) in [5.74, 6) is -0.194. The SMILES string of the molecule is COC[C@H](C)N=C(N=C1CC(c2ccc(F)cc2)=NN1)NC(=O)c1cccc(C#N)c1. The number of hydrogen-bond acceptors (Lipinski definition) is 5. The second-order valence-corrected chi connectivity index (χ2v) is 6.82. The Bertz CT molecular complexity index is 1090. The van der Waals surface area contributed by atoms with Gasteiger partial charge in [-0.3, -0.25) is 15.5 Å². The molecule has 2 aromatic rings. The van der Waals surface area contributed by atoms with Crippen LogP contribution in [0.5, 0.6) is 0 Å². The Morgan fingerprint density at radius 1 is 1.35 bits per heavy atom. The number of guanidine groups is 1. The summed E-state index contributed by atoms with van der Waals surface area (Å²) >= 11 is 0. The maximum Gasteiger partial charge on any atom is 0.258 e. The molecule has 0 saturated carbocycles. The van der Waals surface area contributed by atoms with Crippen LogP contribution >= 0.6 is 0 Å². The summed E-state index contributed by atoms with van der Waals surface area (Å²) in [5, 5.41) is 16.0. The van der Waals surface area contributed by atoms with Gasteiger partial charge in [0.25, 0.3) is 5.91 Å². The molecule has 158 valence electrons. The number of amides is 1. The Labute approximate surface area is 179 Å². The molecule has 31 heavy (non-hydrogen) atoms. The summed E-state index contributed by atoms with van der Waals surface area (Å²) in [7, 11) is 1.56. The quantitative estimate of drug-likeness (QED) is 0.572. The lowest BCUT2D eigenvalue weighted by atomic mass is 10.1. The van der Waals surface area contributed by atoms with E-state index in [1.54, 1.807) is 37.4 Å². The molecule has 1 heterocycles. The van der Waals surface area contributed by atoms with Crippen LogP contribution in [0.3, 0.4) is 0 Å². The Balaban J connectivity index is 1.79. The summed E-state index contributed by atoms with van der Waals surface area (Å²) in [6.45, 7) is 2.17. The van der Waals surface area contributed by atoms with Gasteiger partial charge in [0.15, 0.2) is 0 Å². The van der Waals surface area contributed by atoms with Crippen LogP contribution < -0.4 is 10.7 Å². The van der Waals surface area contributed by atoms with E-state index in [4.69, 9.17) is 10.00 Å². The number of ether oxygens (including phenoxy) is 1. The molecule has 1 aliphatic rings. The molecule has 8 nitrogen and oxygen atoms in total. The average molecular weight is 420 g/mol. The first-order chi connectivity index (χ1) is 15.0. The van der Waals surface area contributed by atoms with Crippen LogP contribution in [-0.2, 0) is 4.74 Å². The monoisotopic (exact) mass is 420 g/mol. The predicted molar refractivity (Wildman–Crippen MR) is 116 cm³/mol. The van der Waals surface area contributed by atoms with E-state index in [1.165, 1.54) is 18.2 Å². The van der Waals surface area contributed by atoms with Gasteiger partial charge in [-0.25, -0.2) is 9.38 Å². The third-order valence-corrected chi connectivity index (χ3v) is 4.30. The second-order valence-electron chi connectivity index (χ2n) is 6.82. The highest BCUT2D eigenvalue weighted by atomic mass is 19.1. The number of benzene rings is 2. The van der Waals surface area contributed by atoms with Crippen LogP contribution in [0.25, 0.3) is 0 Å². The Morgan fingerprint density at radius 3 is 2.84 bits per heavy atom. The van der Waals surface area contributed by atoms with Crippen molar-refractivity contribution in [2.24, 2.45) is 15.1 Å². The van der Waals surface area contributed by atoms with E-state index >= 15 is 0 Å². The number of aliphatic imine (C=N–C) groups is 2. The highest BCUT2D eigenvalue weighted by Crippen LogP contribution is 2.11. The summed E-state index contributed by atoms with van der Waals surface area (Å²) in [4.78, 5) is 21.5. The van der Waals surface area contributed by atoms with Crippen molar-refractivity contribution in [2.45, 2.75) is 19.4 Å². The van der Waals surface area contributed by atoms with E-state index in [9.17, 15) is 9.18 Å². The summed E-state index contributed by atoms with van der Waals surface area (Å²) in [5.41, 5.74) is 4.97. The number of rotatable bonds is 5. The van der Waals surface area contributed by atoms with Gasteiger partial charge in [0, 0.05) is 12.7 Å². The van der Waals surface area contributed by atoms with Crippen molar-refractivity contribution in [1.82, 2.24) is 10.7 Å². The van der Waals surface area contributed by atoms with E-state index in [0.29, 0.717) is 35.7 Å². The van der Waals surface area contributed by atoms with Gasteiger partial charge in [0.05, 0.1) is 36.4 Å². The van der Waals surface area contributed by atoms with E-state index in [-0.39, 0.29) is 17.8 Å². The number of methoxy groups -OCH3 is 1. The fourth-order valence-corrected chi connectivity index (χ4v) is 2.85. The largest absolute Gasteiger partial charge is 0.382 e. The molecule has 0 saturated heterocycles. The zero-order valence-corrected chi connectivity index (χ0v) is 17.1. The number of carbonyl (C=O) groups is 1. The molecule has 2 N–H and O–H groups in total. The standard InChI is InChI=1S/C22H21FN6O2/c1-14(13-31-2)25-22(27-21(30)17-5-3-4-15(10-17)12-24)26-20-11-19(28-29-20)16-6-8-18(23)9-7-16/h3-10,14H,11,13H2,1-2H3,(H2,25,26,27,29,30)/t14-/m0/s1. The minimum Gasteiger partial charge on any atom is -0.382 e. The van der Waals surface area contributed by atoms with Gasteiger partial charge >= 0.3 is 0 Å². The molecule has 1 atom stereocenters. The topological polar surface area (TPSA) is 111 Å². The van der Waals surface area contributed by atoms with Gasteiger partial charge in [-0.1, -0.05) is 18.2 Å². The smallest absolute Gasteiger partial charge is 0.258 e. The van der Waals surface area contributed by atoms with Crippen LogP contribution in [0.1, 0.15) is 34.8 Å². The lowest BCUT2D eigenvalue weighted by molar-refractivity contribution is 0.0976. The van der Waals surface area contributed by atoms with Crippen molar-refractivity contribution in [3.8, 4) is 6.07 Å². The van der Waals surface area contributed by atoms with Crippen LogP contribution in [-0.4, -0.2) is 43.2 Å². The highest BCUT2D eigenvalue weighted by molar-refractivity contribution is 6.18. The molecule has 0 spiro atoms. The minimum absolute atomic E-state index is 0.0926. The first-order valence-corrected chi connectivity index (χ1v) is 9.53. The number of amidine groups is 1. The fraction of sp³-hybridized carbons (Fsp3) is 0.227. The Kier molecular flexibility index (Phi) is 7.19. The van der Waals surface area contributed by atoms with Crippen LogP contribution in [0.15, 0.2) is 63.6 Å². The third kappa shape index (κ3) is 6.04. The Hall–Kier alpha value is -3.90. The molecule has 0 aromatic heterocycles. The fourth-order valence-electron chi connectivity index (χ4n) is 2.85. The number of halogens is 1. The van der Waals surface area contributed by atoms with Gasteiger partial charge in [0.2, 0.25) is 5.96 Å². The molecule has 2 aromatic carbocycles. The summed E-state index contributed by atoms with van der Waals surface area (Å²) in [6.07, 6.45) is 0.364. The number of hydrazone groups is 1. The Morgan fingerprint density at radius 2 is 2.13 bits per heavy atom. The van der Waals surface area contributed by atoms with Crippen molar-refractivity contribution in [3.05, 3.63) is 71.0 Å². The van der Waals surface area contributed by atoms with E-state index in [2.05, 4.69) is 25.8 Å². The van der Waals surface area contributed by atoms with Crippen molar-refractivity contribution in [1.29, 1.82) is 5.26 Å². The maximum atomic E-state index is 13.2. The third-order valence-electron chi connectivity index (χ3n) is 4.30. The lowest BCUT2D eigenvalue weighted by Gasteiger charge is -2.10. The number of hydrogen-bond donors (Lipinski definition) is 2. The van der Waals surface area contributed by atoms with E-state index in [1.807, 2.05) is 13.0 Å². The summed E-state index contributed by atoms with van der Waals surface area (Å²) < 4.78 is 18.3. The summed E-state index contributed by atoms with van der Waals surface area (Å²) in [6, 6.07) is 14.1. The molecule has 1 amide bonds. The molecular weight excluding hydrogens is 399 g/mol. The minimum atomic E-state index is -0.442. The number of carbonyl (C=O) groups excluding carboxylic acids is 1. The van der Waals surface area contributed by atoms with Gasteiger partial charge < -0.3 is 4.74 Å². The zero-order valence-electron chi connectivity index (χ0n) is 17.1. The van der Waals surface area contributed by atoms with Crippen LogP contribution in [0.4, 0.5) is 4.39 Å². The molecule has 1 aliphatic heterocycles. The van der Waals surface area contributed by atoms with Gasteiger partial charge in [0.1, 0.15) is 11.7 Å². The normalized spacial score (nSPS) is 15.7. The number of nitrogens with zero attached hydrogens (tertiary/aromatic N) is 4. The molecule has 0 fully saturated rings. The average Bonchev–Trinajstić information content (AvgIpc) is 3.22. The lowest BCUT2D eigenvalue weighted by Crippen LogP contribution is -2.32. The molecule has 9 heteroatoms. The second kappa shape index (κ2) is 10.2. The van der Waals surface area contributed by atoms with Crippen molar-refractivity contribution >= 4 is 23.4 Å². The maximum absolute atomic E-state index is 13.2. The van der Waals surface area contributed by atoms with E-state index < -0.39 is 5.91 Å². The number of nitrogens with one attached hydrogen (secondary N) is 2. The van der Waals surface area contributed by atoms with Crippen LogP contribution in [0, 0.1) is 17.1 Å². The van der Waals surface area contributed by atoms with Crippen LogP contribution in [0.2, 0.25) is 0 Å². The van der Waals surface area contributed by atoms with Gasteiger partial charge in [-0.15, -0.1) is 0 Å². The molecule has 3 rings (SSSR count). The van der Waals surface area contributed by atoms with Gasteiger partial charge in [-0.05, 0) is 42.8 Å². The molecule has 0 aliphatic carbocycles. The number of nitriles is 1. The first-order valence-electron chi connectivity index (χ1n) is 9.53. The van der Waals surface area contributed by atoms with Crippen molar-refractivity contribution < 1.29 is 13.9 Å². The predicted octanol–water partition coefficient (Wildman–Crippen LogP) is 2.61. The molecule has 0 bridgehead atoms. The zero-order chi connectivity index (χ0) is 22.2. The van der Waals surface area contributed by atoms with Crippen molar-refractivity contribution in [3.63, 3.8) is 0 Å². The molecule has 0 unspecified atom stereocenters.